The highest BCUT2D eigenvalue weighted by atomic mass is 35.5. The van der Waals surface area contributed by atoms with Crippen molar-refractivity contribution in [1.29, 1.82) is 0 Å². The largest absolute Gasteiger partial charge is 0.343 e. The maximum Gasteiger partial charge on any atom is 0.253 e. The maximum absolute atomic E-state index is 11.6. The Balaban J connectivity index is 2.73. The SMILES string of the molecule is Cc1ccc(Cl)cc1C(=O)NCC(=O)NN. The molecule has 0 spiro atoms. The summed E-state index contributed by atoms with van der Waals surface area (Å²) in [6.07, 6.45) is 0. The van der Waals surface area contributed by atoms with Crippen molar-refractivity contribution in [3.63, 3.8) is 0 Å². The fourth-order valence-corrected chi connectivity index (χ4v) is 1.32. The number of hydrogen-bond donors (Lipinski definition) is 3. The monoisotopic (exact) mass is 241 g/mol. The van der Waals surface area contributed by atoms with Crippen LogP contribution in [-0.4, -0.2) is 18.4 Å². The first-order valence-electron chi connectivity index (χ1n) is 4.58. The quantitative estimate of drug-likeness (QED) is 0.406. The lowest BCUT2D eigenvalue weighted by atomic mass is 10.1. The maximum atomic E-state index is 11.6. The van der Waals surface area contributed by atoms with E-state index in [4.69, 9.17) is 17.4 Å². The summed E-state index contributed by atoms with van der Waals surface area (Å²) in [6, 6.07) is 4.98. The minimum absolute atomic E-state index is 0.165. The first-order valence-corrected chi connectivity index (χ1v) is 4.96. The van der Waals surface area contributed by atoms with Crippen LogP contribution in [0.15, 0.2) is 18.2 Å². The van der Waals surface area contributed by atoms with E-state index >= 15 is 0 Å². The average molecular weight is 242 g/mol. The van der Waals surface area contributed by atoms with Crippen LogP contribution in [0.5, 0.6) is 0 Å². The van der Waals surface area contributed by atoms with E-state index in [9.17, 15) is 9.59 Å². The molecule has 0 aromatic heterocycles. The van der Waals surface area contributed by atoms with Crippen molar-refractivity contribution in [3.05, 3.63) is 34.3 Å². The molecule has 1 aromatic carbocycles. The van der Waals surface area contributed by atoms with Gasteiger partial charge in [-0.25, -0.2) is 5.84 Å². The molecule has 0 fully saturated rings. The predicted octanol–water partition coefficient (Wildman–Crippen LogP) is 0.368. The van der Waals surface area contributed by atoms with Crippen LogP contribution in [0.1, 0.15) is 15.9 Å². The molecule has 4 N–H and O–H groups in total. The Labute approximate surface area is 97.9 Å². The highest BCUT2D eigenvalue weighted by molar-refractivity contribution is 6.31. The van der Waals surface area contributed by atoms with E-state index in [0.29, 0.717) is 10.6 Å². The molecule has 0 radical (unpaired) electrons. The van der Waals surface area contributed by atoms with Crippen LogP contribution in [0, 0.1) is 6.92 Å². The second-order valence-electron chi connectivity index (χ2n) is 3.21. The van der Waals surface area contributed by atoms with Crippen molar-refractivity contribution in [3.8, 4) is 0 Å². The summed E-state index contributed by atoms with van der Waals surface area (Å²) in [5.74, 6) is 4.06. The van der Waals surface area contributed by atoms with Gasteiger partial charge in [-0.2, -0.15) is 0 Å². The van der Waals surface area contributed by atoms with Gasteiger partial charge >= 0.3 is 0 Å². The van der Waals surface area contributed by atoms with E-state index in [1.165, 1.54) is 0 Å². The summed E-state index contributed by atoms with van der Waals surface area (Å²) in [7, 11) is 0. The molecular weight excluding hydrogens is 230 g/mol. The van der Waals surface area contributed by atoms with Crippen molar-refractivity contribution < 1.29 is 9.59 Å². The summed E-state index contributed by atoms with van der Waals surface area (Å²) in [5, 5.41) is 2.90. The molecule has 0 saturated heterocycles. The number of amides is 2. The van der Waals surface area contributed by atoms with Crippen LogP contribution in [0.25, 0.3) is 0 Å². The summed E-state index contributed by atoms with van der Waals surface area (Å²) >= 11 is 5.77. The third-order valence-corrected chi connectivity index (χ3v) is 2.25. The third-order valence-electron chi connectivity index (χ3n) is 2.01. The molecular formula is C10H12ClN3O2. The summed E-state index contributed by atoms with van der Waals surface area (Å²) in [5.41, 5.74) is 3.15. The number of halogens is 1. The molecule has 0 bridgehead atoms. The number of aryl methyl sites for hydroxylation is 1. The van der Waals surface area contributed by atoms with Gasteiger partial charge < -0.3 is 5.32 Å². The smallest absolute Gasteiger partial charge is 0.253 e. The van der Waals surface area contributed by atoms with Crippen molar-refractivity contribution in [1.82, 2.24) is 10.7 Å². The molecule has 0 atom stereocenters. The zero-order valence-electron chi connectivity index (χ0n) is 8.71. The summed E-state index contributed by atoms with van der Waals surface area (Å²) in [6.45, 7) is 1.62. The van der Waals surface area contributed by atoms with E-state index in [-0.39, 0.29) is 12.5 Å². The average Bonchev–Trinajstić information content (AvgIpc) is 2.28. The Hall–Kier alpha value is -1.59. The van der Waals surface area contributed by atoms with E-state index in [1.54, 1.807) is 25.1 Å². The summed E-state index contributed by atoms with van der Waals surface area (Å²) < 4.78 is 0. The zero-order chi connectivity index (χ0) is 12.1. The zero-order valence-corrected chi connectivity index (χ0v) is 9.47. The number of hydrogen-bond acceptors (Lipinski definition) is 3. The van der Waals surface area contributed by atoms with Gasteiger partial charge in [0.25, 0.3) is 11.8 Å². The number of nitrogens with two attached hydrogens (primary N) is 1. The van der Waals surface area contributed by atoms with Gasteiger partial charge in [-0.05, 0) is 24.6 Å². The van der Waals surface area contributed by atoms with Gasteiger partial charge in [0.15, 0.2) is 0 Å². The Bertz CT molecular complexity index is 421. The van der Waals surface area contributed by atoms with Gasteiger partial charge in [-0.15, -0.1) is 0 Å². The van der Waals surface area contributed by atoms with E-state index in [1.807, 2.05) is 5.43 Å². The van der Waals surface area contributed by atoms with Gasteiger partial charge in [0.2, 0.25) is 0 Å². The molecule has 6 heteroatoms. The van der Waals surface area contributed by atoms with E-state index < -0.39 is 5.91 Å². The van der Waals surface area contributed by atoms with Gasteiger partial charge in [0.05, 0.1) is 6.54 Å². The molecule has 5 nitrogen and oxygen atoms in total. The summed E-state index contributed by atoms with van der Waals surface area (Å²) in [4.78, 5) is 22.5. The lowest BCUT2D eigenvalue weighted by molar-refractivity contribution is -0.120. The van der Waals surface area contributed by atoms with Crippen LogP contribution < -0.4 is 16.6 Å². The van der Waals surface area contributed by atoms with Gasteiger partial charge in [-0.1, -0.05) is 17.7 Å². The van der Waals surface area contributed by atoms with Crippen molar-refractivity contribution in [2.45, 2.75) is 6.92 Å². The molecule has 0 saturated carbocycles. The first kappa shape index (κ1) is 12.5. The fraction of sp³-hybridized carbons (Fsp3) is 0.200. The Morgan fingerprint density at radius 1 is 1.44 bits per heavy atom. The Morgan fingerprint density at radius 2 is 2.12 bits per heavy atom. The second-order valence-corrected chi connectivity index (χ2v) is 3.65. The molecule has 1 rings (SSSR count). The highest BCUT2D eigenvalue weighted by Gasteiger charge is 2.10. The number of rotatable bonds is 3. The number of nitrogens with one attached hydrogen (secondary N) is 2. The number of carbonyl (C=O) groups is 2. The van der Waals surface area contributed by atoms with E-state index in [0.717, 1.165) is 5.56 Å². The van der Waals surface area contributed by atoms with Gasteiger partial charge in [0, 0.05) is 10.6 Å². The molecule has 0 heterocycles. The minimum Gasteiger partial charge on any atom is -0.343 e. The normalized spacial score (nSPS) is 9.69. The van der Waals surface area contributed by atoms with Crippen LogP contribution in [0.4, 0.5) is 0 Å². The molecule has 16 heavy (non-hydrogen) atoms. The number of benzene rings is 1. The Kier molecular flexibility index (Phi) is 4.28. The molecule has 2 amide bonds. The topological polar surface area (TPSA) is 84.2 Å². The molecule has 1 aromatic rings. The highest BCUT2D eigenvalue weighted by Crippen LogP contribution is 2.14. The Morgan fingerprint density at radius 3 is 2.75 bits per heavy atom. The van der Waals surface area contributed by atoms with Crippen LogP contribution in [0.2, 0.25) is 5.02 Å². The minimum atomic E-state index is -0.465. The molecule has 0 aliphatic rings. The fourth-order valence-electron chi connectivity index (χ4n) is 1.15. The predicted molar refractivity (Wildman–Crippen MR) is 60.9 cm³/mol. The third kappa shape index (κ3) is 3.22. The van der Waals surface area contributed by atoms with Crippen LogP contribution in [-0.2, 0) is 4.79 Å². The second kappa shape index (κ2) is 5.48. The van der Waals surface area contributed by atoms with E-state index in [2.05, 4.69) is 5.32 Å². The number of hydrazine groups is 1. The van der Waals surface area contributed by atoms with Crippen LogP contribution in [0.3, 0.4) is 0 Å². The lowest BCUT2D eigenvalue weighted by Gasteiger charge is -2.07. The molecule has 0 unspecified atom stereocenters. The van der Waals surface area contributed by atoms with Gasteiger partial charge in [0.1, 0.15) is 0 Å². The van der Waals surface area contributed by atoms with Crippen molar-refractivity contribution >= 4 is 23.4 Å². The lowest BCUT2D eigenvalue weighted by Crippen LogP contribution is -2.40. The molecule has 0 aliphatic heterocycles. The standard InChI is InChI=1S/C10H12ClN3O2/c1-6-2-3-7(11)4-8(6)10(16)13-5-9(15)14-12/h2-4H,5,12H2,1H3,(H,13,16)(H,14,15). The number of carbonyl (C=O) groups excluding carboxylic acids is 2. The van der Waals surface area contributed by atoms with Crippen LogP contribution >= 0.6 is 11.6 Å². The first-order chi connectivity index (χ1) is 7.54. The van der Waals surface area contributed by atoms with Crippen molar-refractivity contribution in [2.75, 3.05) is 6.54 Å². The molecule has 0 aliphatic carbocycles. The molecule has 86 valence electrons. The van der Waals surface area contributed by atoms with Gasteiger partial charge in [-0.3, -0.25) is 15.0 Å². The van der Waals surface area contributed by atoms with Crippen molar-refractivity contribution in [2.24, 2.45) is 5.84 Å².